The van der Waals surface area contributed by atoms with Crippen molar-refractivity contribution in [2.75, 3.05) is 25.0 Å². The number of anilines is 1. The number of nitrogens with zero attached hydrogens (tertiary/aromatic N) is 4. The molecule has 0 unspecified atom stereocenters. The third-order valence-electron chi connectivity index (χ3n) is 5.83. The van der Waals surface area contributed by atoms with Gasteiger partial charge >= 0.3 is 0 Å². The Hall–Kier alpha value is -1.84. The van der Waals surface area contributed by atoms with Crippen molar-refractivity contribution in [2.45, 2.75) is 71.4 Å². The lowest BCUT2D eigenvalue weighted by Gasteiger charge is -2.22. The zero-order valence-corrected chi connectivity index (χ0v) is 21.4. The summed E-state index contributed by atoms with van der Waals surface area (Å²) in [5.74, 6) is 3.11. The number of aliphatic imine (C=N–C) groups is 1. The lowest BCUT2D eigenvalue weighted by atomic mass is 9.99. The first-order chi connectivity index (χ1) is 14.7. The molecule has 0 saturated carbocycles. The van der Waals surface area contributed by atoms with Crippen LogP contribution in [-0.2, 0) is 13.1 Å². The van der Waals surface area contributed by atoms with Crippen LogP contribution in [0.3, 0.4) is 0 Å². The summed E-state index contributed by atoms with van der Waals surface area (Å²) >= 11 is 0. The molecule has 8 heteroatoms. The van der Waals surface area contributed by atoms with Crippen molar-refractivity contribution in [1.82, 2.24) is 20.8 Å². The number of hydrogen-bond donors (Lipinski definition) is 2. The van der Waals surface area contributed by atoms with Crippen molar-refractivity contribution in [3.63, 3.8) is 0 Å². The summed E-state index contributed by atoms with van der Waals surface area (Å²) in [6.45, 7) is 7.82. The molecule has 0 atom stereocenters. The molecule has 3 heterocycles. The van der Waals surface area contributed by atoms with E-state index in [4.69, 9.17) is 4.52 Å². The van der Waals surface area contributed by atoms with Gasteiger partial charge in [-0.15, -0.1) is 24.0 Å². The molecule has 0 aliphatic carbocycles. The second-order valence-electron chi connectivity index (χ2n) is 7.93. The first-order valence-electron chi connectivity index (χ1n) is 11.3. The van der Waals surface area contributed by atoms with Gasteiger partial charge in [-0.3, -0.25) is 4.99 Å². The highest BCUT2D eigenvalue weighted by Gasteiger charge is 2.14. The summed E-state index contributed by atoms with van der Waals surface area (Å²) in [5.41, 5.74) is 2.24. The van der Waals surface area contributed by atoms with Crippen LogP contribution in [0.1, 0.15) is 75.3 Å². The Kier molecular flexibility index (Phi) is 11.1. The van der Waals surface area contributed by atoms with Gasteiger partial charge in [0, 0.05) is 44.9 Å². The van der Waals surface area contributed by atoms with Gasteiger partial charge in [-0.25, -0.2) is 4.98 Å². The zero-order chi connectivity index (χ0) is 21.2. The molecule has 1 aliphatic rings. The van der Waals surface area contributed by atoms with E-state index in [1.165, 1.54) is 31.2 Å². The Labute approximate surface area is 203 Å². The number of halogens is 1. The van der Waals surface area contributed by atoms with E-state index < -0.39 is 0 Å². The van der Waals surface area contributed by atoms with Crippen LogP contribution in [0.15, 0.2) is 33.9 Å². The van der Waals surface area contributed by atoms with Gasteiger partial charge in [-0.05, 0) is 43.4 Å². The first kappa shape index (κ1) is 25.4. The molecular formula is C23H37IN6O. The highest BCUT2D eigenvalue weighted by Crippen LogP contribution is 2.22. The maximum atomic E-state index is 5.49. The Morgan fingerprint density at radius 1 is 1.10 bits per heavy atom. The largest absolute Gasteiger partial charge is 0.359 e. The Morgan fingerprint density at radius 3 is 2.48 bits per heavy atom. The van der Waals surface area contributed by atoms with Crippen LogP contribution in [0.4, 0.5) is 5.82 Å². The molecule has 2 aromatic heterocycles. The second-order valence-corrected chi connectivity index (χ2v) is 7.93. The summed E-state index contributed by atoms with van der Waals surface area (Å²) in [6.07, 6.45) is 9.20. The molecule has 0 amide bonds. The number of aromatic nitrogens is 2. The predicted octanol–water partition coefficient (Wildman–Crippen LogP) is 4.84. The molecule has 0 radical (unpaired) electrons. The molecule has 1 fully saturated rings. The predicted molar refractivity (Wildman–Crippen MR) is 137 cm³/mol. The Morgan fingerprint density at radius 2 is 1.81 bits per heavy atom. The summed E-state index contributed by atoms with van der Waals surface area (Å²) in [5, 5.41) is 10.9. The van der Waals surface area contributed by atoms with Crippen molar-refractivity contribution in [3.05, 3.63) is 41.4 Å². The summed E-state index contributed by atoms with van der Waals surface area (Å²) in [6, 6.07) is 6.29. The fourth-order valence-electron chi connectivity index (χ4n) is 3.93. The molecule has 2 aromatic rings. The summed E-state index contributed by atoms with van der Waals surface area (Å²) in [7, 11) is 1.78. The van der Waals surface area contributed by atoms with Crippen LogP contribution in [0.5, 0.6) is 0 Å². The molecule has 2 N–H and O–H groups in total. The second kappa shape index (κ2) is 13.5. The van der Waals surface area contributed by atoms with Gasteiger partial charge in [0.15, 0.2) is 11.7 Å². The van der Waals surface area contributed by atoms with Crippen LogP contribution in [0.2, 0.25) is 0 Å². The number of hydrogen-bond acceptors (Lipinski definition) is 5. The molecule has 3 rings (SSSR count). The normalized spacial score (nSPS) is 14.8. The van der Waals surface area contributed by atoms with E-state index >= 15 is 0 Å². The lowest BCUT2D eigenvalue weighted by Crippen LogP contribution is -2.36. The highest BCUT2D eigenvalue weighted by atomic mass is 127. The quantitative estimate of drug-likeness (QED) is 0.284. The molecule has 0 aromatic carbocycles. The number of rotatable bonds is 8. The standard InChI is InChI=1S/C23H36N6O.HI/c1-4-19(5-2)21-15-20(30-28-21)17-27-23(24-3)26-16-18-10-11-25-22(14-18)29-12-8-6-7-9-13-29;/h10-11,14-15,19H,4-9,12-13,16-17H2,1-3H3,(H2,24,26,27);1H. The van der Waals surface area contributed by atoms with Gasteiger partial charge < -0.3 is 20.1 Å². The van der Waals surface area contributed by atoms with E-state index in [0.29, 0.717) is 19.0 Å². The van der Waals surface area contributed by atoms with E-state index in [0.717, 1.165) is 49.2 Å². The highest BCUT2D eigenvalue weighted by molar-refractivity contribution is 14.0. The molecule has 7 nitrogen and oxygen atoms in total. The van der Waals surface area contributed by atoms with Gasteiger partial charge in [0.2, 0.25) is 0 Å². The fraction of sp³-hybridized carbons (Fsp3) is 0.609. The topological polar surface area (TPSA) is 78.6 Å². The zero-order valence-electron chi connectivity index (χ0n) is 19.1. The van der Waals surface area contributed by atoms with Gasteiger partial charge in [-0.1, -0.05) is 31.8 Å². The van der Waals surface area contributed by atoms with Gasteiger partial charge in [0.05, 0.1) is 12.2 Å². The maximum Gasteiger partial charge on any atom is 0.191 e. The van der Waals surface area contributed by atoms with Gasteiger partial charge in [0.1, 0.15) is 5.82 Å². The molecule has 1 saturated heterocycles. The minimum absolute atomic E-state index is 0. The van der Waals surface area contributed by atoms with Crippen LogP contribution >= 0.6 is 24.0 Å². The van der Waals surface area contributed by atoms with E-state index in [9.17, 15) is 0 Å². The van der Waals surface area contributed by atoms with Crippen LogP contribution in [0, 0.1) is 0 Å². The Balaban J connectivity index is 0.00000341. The monoisotopic (exact) mass is 540 g/mol. The van der Waals surface area contributed by atoms with E-state index in [2.05, 4.69) is 56.6 Å². The number of pyridine rings is 1. The third kappa shape index (κ3) is 7.66. The van der Waals surface area contributed by atoms with Crippen molar-refractivity contribution < 1.29 is 4.52 Å². The van der Waals surface area contributed by atoms with Gasteiger partial charge in [-0.2, -0.15) is 0 Å². The van der Waals surface area contributed by atoms with Gasteiger partial charge in [0.25, 0.3) is 0 Å². The SMILES string of the molecule is CCC(CC)c1cc(CNC(=NC)NCc2ccnc(N3CCCCCC3)c2)on1.I. The minimum atomic E-state index is 0. The van der Waals surface area contributed by atoms with Crippen LogP contribution in [0.25, 0.3) is 0 Å². The van der Waals surface area contributed by atoms with Crippen LogP contribution < -0.4 is 15.5 Å². The molecule has 1 aliphatic heterocycles. The van der Waals surface area contributed by atoms with Crippen molar-refractivity contribution in [3.8, 4) is 0 Å². The fourth-order valence-corrected chi connectivity index (χ4v) is 3.93. The third-order valence-corrected chi connectivity index (χ3v) is 5.83. The maximum absolute atomic E-state index is 5.49. The number of guanidine groups is 1. The van der Waals surface area contributed by atoms with E-state index in [1.807, 2.05) is 12.3 Å². The van der Waals surface area contributed by atoms with Crippen molar-refractivity contribution >= 4 is 35.8 Å². The average molecular weight is 540 g/mol. The average Bonchev–Trinajstić information content (AvgIpc) is 3.07. The molecule has 31 heavy (non-hydrogen) atoms. The molecule has 0 spiro atoms. The first-order valence-corrected chi connectivity index (χ1v) is 11.3. The molecular weight excluding hydrogens is 503 g/mol. The summed E-state index contributed by atoms with van der Waals surface area (Å²) < 4.78 is 5.49. The van der Waals surface area contributed by atoms with E-state index in [-0.39, 0.29) is 24.0 Å². The van der Waals surface area contributed by atoms with Crippen molar-refractivity contribution in [1.29, 1.82) is 0 Å². The Bertz CT molecular complexity index is 797. The smallest absolute Gasteiger partial charge is 0.191 e. The van der Waals surface area contributed by atoms with Crippen molar-refractivity contribution in [2.24, 2.45) is 4.99 Å². The number of nitrogens with one attached hydrogen (secondary N) is 2. The lowest BCUT2D eigenvalue weighted by molar-refractivity contribution is 0.368. The van der Waals surface area contributed by atoms with E-state index in [1.54, 1.807) is 7.05 Å². The minimum Gasteiger partial charge on any atom is -0.359 e. The molecule has 0 bridgehead atoms. The van der Waals surface area contributed by atoms with Crippen LogP contribution in [-0.4, -0.2) is 36.2 Å². The molecule has 172 valence electrons. The summed E-state index contributed by atoms with van der Waals surface area (Å²) in [4.78, 5) is 11.3.